The summed E-state index contributed by atoms with van der Waals surface area (Å²) in [5, 5.41) is 27.8. The van der Waals surface area contributed by atoms with Gasteiger partial charge in [0.05, 0.1) is 9.82 Å². The number of benzene rings is 2. The molecule has 3 rings (SSSR count). The number of nitrogens with one attached hydrogen (secondary N) is 1. The molecular weight excluding hydrogens is 436 g/mol. The maximum absolute atomic E-state index is 12.4. The summed E-state index contributed by atoms with van der Waals surface area (Å²) in [7, 11) is -3.86. The number of hydrogen-bond acceptors (Lipinski definition) is 7. The molecule has 0 unspecified atom stereocenters. The number of primary sulfonamides is 1. The Hall–Kier alpha value is -4.27. The number of nitro groups is 1. The van der Waals surface area contributed by atoms with Crippen LogP contribution in [-0.4, -0.2) is 19.2 Å². The molecule has 11 heteroatoms. The quantitative estimate of drug-likeness (QED) is 0.250. The van der Waals surface area contributed by atoms with Gasteiger partial charge in [-0.3, -0.25) is 14.9 Å². The van der Waals surface area contributed by atoms with Crippen LogP contribution in [-0.2, 0) is 14.8 Å². The zero-order valence-electron chi connectivity index (χ0n) is 16.6. The molecule has 3 N–H and O–H groups in total. The molecule has 32 heavy (non-hydrogen) atoms. The van der Waals surface area contributed by atoms with E-state index in [4.69, 9.17) is 9.56 Å². The van der Waals surface area contributed by atoms with E-state index in [9.17, 15) is 28.6 Å². The number of nitrogens with zero attached hydrogens (tertiary/aromatic N) is 2. The number of aryl methyl sites for hydroxylation is 1. The molecule has 2 aromatic carbocycles. The average molecular weight is 452 g/mol. The predicted molar refractivity (Wildman–Crippen MR) is 116 cm³/mol. The topological polar surface area (TPSA) is 169 Å². The van der Waals surface area contributed by atoms with Gasteiger partial charge in [-0.05, 0) is 55.0 Å². The number of carbonyl (C=O) groups is 1. The number of nitro benzene ring substituents is 1. The second kappa shape index (κ2) is 8.84. The molecule has 1 aromatic heterocycles. The van der Waals surface area contributed by atoms with Crippen LogP contribution < -0.4 is 10.5 Å². The van der Waals surface area contributed by atoms with Crippen molar-refractivity contribution in [1.82, 2.24) is 0 Å². The second-order valence-electron chi connectivity index (χ2n) is 6.65. The first-order valence-corrected chi connectivity index (χ1v) is 10.5. The minimum atomic E-state index is -3.86. The van der Waals surface area contributed by atoms with E-state index in [1.807, 2.05) is 0 Å². The number of rotatable bonds is 6. The molecule has 162 valence electrons. The smallest absolute Gasteiger partial charge is 0.269 e. The predicted octanol–water partition coefficient (Wildman–Crippen LogP) is 3.36. The van der Waals surface area contributed by atoms with Crippen molar-refractivity contribution in [3.05, 3.63) is 81.6 Å². The third-order valence-corrected chi connectivity index (χ3v) is 5.33. The van der Waals surface area contributed by atoms with Gasteiger partial charge >= 0.3 is 0 Å². The molecule has 1 heterocycles. The van der Waals surface area contributed by atoms with E-state index in [2.05, 4.69) is 5.32 Å². The van der Waals surface area contributed by atoms with E-state index in [1.165, 1.54) is 42.5 Å². The summed E-state index contributed by atoms with van der Waals surface area (Å²) in [6.45, 7) is 1.70. The van der Waals surface area contributed by atoms with Gasteiger partial charge in [-0.1, -0.05) is 0 Å². The molecule has 1 amide bonds. The Morgan fingerprint density at radius 2 is 1.88 bits per heavy atom. The summed E-state index contributed by atoms with van der Waals surface area (Å²) in [6, 6.07) is 14.4. The van der Waals surface area contributed by atoms with Crippen LogP contribution in [0.25, 0.3) is 17.4 Å². The summed E-state index contributed by atoms with van der Waals surface area (Å²) in [5.74, 6) is -0.0747. The van der Waals surface area contributed by atoms with Gasteiger partial charge in [-0.15, -0.1) is 0 Å². The Morgan fingerprint density at radius 1 is 1.19 bits per heavy atom. The minimum absolute atomic E-state index is 0.0431. The third-order valence-electron chi connectivity index (χ3n) is 4.41. The van der Waals surface area contributed by atoms with Crippen molar-refractivity contribution in [1.29, 1.82) is 5.26 Å². The monoisotopic (exact) mass is 452 g/mol. The number of furan rings is 1. The van der Waals surface area contributed by atoms with Gasteiger partial charge in [0.1, 0.15) is 23.2 Å². The molecule has 10 nitrogen and oxygen atoms in total. The number of sulfonamides is 1. The lowest BCUT2D eigenvalue weighted by Crippen LogP contribution is -2.14. The molecule has 0 saturated carbocycles. The van der Waals surface area contributed by atoms with Gasteiger partial charge in [0.2, 0.25) is 10.0 Å². The highest BCUT2D eigenvalue weighted by molar-refractivity contribution is 7.89. The lowest BCUT2D eigenvalue weighted by atomic mass is 10.1. The fourth-order valence-corrected chi connectivity index (χ4v) is 3.35. The number of non-ortho nitro benzene ring substituents is 1. The number of nitriles is 1. The maximum atomic E-state index is 12.4. The maximum Gasteiger partial charge on any atom is 0.269 e. The Labute approximate surface area is 182 Å². The van der Waals surface area contributed by atoms with Crippen molar-refractivity contribution < 1.29 is 22.6 Å². The Balaban J connectivity index is 1.80. The standard InChI is InChI=1S/C21H16N4O6S/c1-13-10-16(25(27)28)4-8-19(13)20-9-5-17(31-20)11-14(12-22)21(26)24-15-2-6-18(7-3-15)32(23,29)30/h2-11H,1H3,(H,24,26)(H2,23,29,30)/b14-11+. The third kappa shape index (κ3) is 5.07. The highest BCUT2D eigenvalue weighted by Gasteiger charge is 2.15. The van der Waals surface area contributed by atoms with E-state index in [1.54, 1.807) is 31.2 Å². The summed E-state index contributed by atoms with van der Waals surface area (Å²) in [6.07, 6.45) is 1.25. The van der Waals surface area contributed by atoms with E-state index in [0.717, 1.165) is 0 Å². The van der Waals surface area contributed by atoms with Crippen LogP contribution in [0.15, 0.2) is 69.5 Å². The van der Waals surface area contributed by atoms with Crippen LogP contribution in [0.4, 0.5) is 11.4 Å². The number of nitrogens with two attached hydrogens (primary N) is 1. The normalized spacial score (nSPS) is 11.6. The fourth-order valence-electron chi connectivity index (χ4n) is 2.83. The number of anilines is 1. The highest BCUT2D eigenvalue weighted by atomic mass is 32.2. The highest BCUT2D eigenvalue weighted by Crippen LogP contribution is 2.29. The summed E-state index contributed by atoms with van der Waals surface area (Å²) in [5.41, 5.74) is 1.24. The van der Waals surface area contributed by atoms with Crippen molar-refractivity contribution in [2.45, 2.75) is 11.8 Å². The van der Waals surface area contributed by atoms with Gasteiger partial charge in [0, 0.05) is 29.5 Å². The lowest BCUT2D eigenvalue weighted by molar-refractivity contribution is -0.384. The molecule has 0 aliphatic carbocycles. The molecule has 3 aromatic rings. The Kier molecular flexibility index (Phi) is 6.20. The van der Waals surface area contributed by atoms with Crippen molar-refractivity contribution in [3.8, 4) is 17.4 Å². The largest absolute Gasteiger partial charge is 0.457 e. The van der Waals surface area contributed by atoms with Crippen molar-refractivity contribution >= 4 is 33.4 Å². The average Bonchev–Trinajstić information content (AvgIpc) is 3.19. The molecule has 0 bridgehead atoms. The van der Waals surface area contributed by atoms with Crippen LogP contribution in [0, 0.1) is 28.4 Å². The van der Waals surface area contributed by atoms with E-state index in [-0.39, 0.29) is 27.6 Å². The van der Waals surface area contributed by atoms with E-state index >= 15 is 0 Å². The summed E-state index contributed by atoms with van der Waals surface area (Å²) >= 11 is 0. The zero-order valence-corrected chi connectivity index (χ0v) is 17.4. The van der Waals surface area contributed by atoms with Crippen molar-refractivity contribution in [2.24, 2.45) is 5.14 Å². The zero-order chi connectivity index (χ0) is 23.5. The van der Waals surface area contributed by atoms with Gasteiger partial charge in [-0.2, -0.15) is 5.26 Å². The van der Waals surface area contributed by atoms with Gasteiger partial charge in [0.15, 0.2) is 0 Å². The number of hydrogen-bond donors (Lipinski definition) is 2. The molecule has 0 spiro atoms. The number of carbonyl (C=O) groups excluding carboxylic acids is 1. The second-order valence-corrected chi connectivity index (χ2v) is 8.21. The Morgan fingerprint density at radius 3 is 2.44 bits per heavy atom. The fraction of sp³-hybridized carbons (Fsp3) is 0.0476. The molecule has 0 atom stereocenters. The van der Waals surface area contributed by atoms with Crippen LogP contribution in [0.5, 0.6) is 0 Å². The molecular formula is C21H16N4O6S. The van der Waals surface area contributed by atoms with Gasteiger partial charge in [0.25, 0.3) is 11.6 Å². The molecule has 0 fully saturated rings. The molecule has 0 radical (unpaired) electrons. The summed E-state index contributed by atoms with van der Waals surface area (Å²) in [4.78, 5) is 22.7. The van der Waals surface area contributed by atoms with E-state index < -0.39 is 20.9 Å². The van der Waals surface area contributed by atoms with Crippen LogP contribution in [0.2, 0.25) is 0 Å². The van der Waals surface area contributed by atoms with Crippen molar-refractivity contribution in [3.63, 3.8) is 0 Å². The lowest BCUT2D eigenvalue weighted by Gasteiger charge is -2.05. The van der Waals surface area contributed by atoms with Crippen LogP contribution in [0.1, 0.15) is 11.3 Å². The first-order valence-electron chi connectivity index (χ1n) is 9.00. The SMILES string of the molecule is Cc1cc([N+](=O)[O-])ccc1-c1ccc(/C=C(\C#N)C(=O)Nc2ccc(S(N)(=O)=O)cc2)o1. The van der Waals surface area contributed by atoms with Crippen LogP contribution >= 0.6 is 0 Å². The Bertz CT molecular complexity index is 1380. The first-order chi connectivity index (χ1) is 15.1. The number of amides is 1. The molecule has 0 aliphatic heterocycles. The molecule has 0 saturated heterocycles. The van der Waals surface area contributed by atoms with Gasteiger partial charge < -0.3 is 9.73 Å². The summed E-state index contributed by atoms with van der Waals surface area (Å²) < 4.78 is 28.3. The molecule has 0 aliphatic rings. The minimum Gasteiger partial charge on any atom is -0.457 e. The van der Waals surface area contributed by atoms with E-state index in [0.29, 0.717) is 16.9 Å². The van der Waals surface area contributed by atoms with Crippen molar-refractivity contribution in [2.75, 3.05) is 5.32 Å². The van der Waals surface area contributed by atoms with Crippen LogP contribution in [0.3, 0.4) is 0 Å². The van der Waals surface area contributed by atoms with Gasteiger partial charge in [-0.25, -0.2) is 13.6 Å². The first kappa shape index (κ1) is 22.4.